The molecule has 0 amide bonds. The average molecular weight is 422 g/mol. The number of alkyl halides is 3. The molecule has 1 atom stereocenters. The van der Waals surface area contributed by atoms with Gasteiger partial charge in [-0.05, 0) is 79.8 Å². The third-order valence-electron chi connectivity index (χ3n) is 6.14. The Bertz CT molecular complexity index is 990. The van der Waals surface area contributed by atoms with Crippen molar-refractivity contribution in [1.29, 1.82) is 0 Å². The third-order valence-corrected chi connectivity index (χ3v) is 6.38. The first kappa shape index (κ1) is 20.2. The Labute approximate surface area is 172 Å². The zero-order chi connectivity index (χ0) is 20.6. The number of aromatic nitrogens is 3. The van der Waals surface area contributed by atoms with E-state index in [1.54, 1.807) is 6.07 Å². The van der Waals surface area contributed by atoms with Crippen LogP contribution in [-0.4, -0.2) is 15.0 Å². The molecule has 1 aromatic carbocycles. The number of hydrogen-bond donors (Lipinski definition) is 1. The fraction of sp³-hybridized carbons (Fsp3) is 0.455. The lowest BCUT2D eigenvalue weighted by Crippen LogP contribution is -2.21. The first-order valence-corrected chi connectivity index (χ1v) is 10.4. The molecule has 1 aliphatic carbocycles. The summed E-state index contributed by atoms with van der Waals surface area (Å²) in [6.45, 7) is 2.16. The molecule has 7 heteroatoms. The van der Waals surface area contributed by atoms with E-state index in [2.05, 4.69) is 16.9 Å². The number of nitrogens with zero attached hydrogens (tertiary/aromatic N) is 2. The smallest absolute Gasteiger partial charge is 0.342 e. The summed E-state index contributed by atoms with van der Waals surface area (Å²) in [5, 5.41) is 0.678. The van der Waals surface area contributed by atoms with E-state index in [9.17, 15) is 13.2 Å². The number of H-pyrrole nitrogens is 1. The van der Waals surface area contributed by atoms with Crippen LogP contribution in [0.1, 0.15) is 67.9 Å². The van der Waals surface area contributed by atoms with Gasteiger partial charge < -0.3 is 4.98 Å². The van der Waals surface area contributed by atoms with Crippen molar-refractivity contribution < 1.29 is 13.2 Å². The topological polar surface area (TPSA) is 41.6 Å². The van der Waals surface area contributed by atoms with E-state index in [0.717, 1.165) is 54.5 Å². The van der Waals surface area contributed by atoms with Gasteiger partial charge in [0, 0.05) is 17.1 Å². The van der Waals surface area contributed by atoms with Gasteiger partial charge >= 0.3 is 6.18 Å². The van der Waals surface area contributed by atoms with E-state index in [4.69, 9.17) is 16.6 Å². The van der Waals surface area contributed by atoms with Crippen LogP contribution in [0.15, 0.2) is 36.5 Å². The van der Waals surface area contributed by atoms with E-state index < -0.39 is 11.9 Å². The minimum Gasteiger partial charge on any atom is -0.342 e. The van der Waals surface area contributed by atoms with Crippen LogP contribution in [0.3, 0.4) is 0 Å². The van der Waals surface area contributed by atoms with Crippen molar-refractivity contribution in [2.45, 2.75) is 57.0 Å². The summed E-state index contributed by atoms with van der Waals surface area (Å²) in [6, 6.07) is 8.58. The second-order valence-corrected chi connectivity index (χ2v) is 8.32. The monoisotopic (exact) mass is 421 g/mol. The number of rotatable bonds is 4. The van der Waals surface area contributed by atoms with Crippen LogP contribution < -0.4 is 0 Å². The Morgan fingerprint density at radius 2 is 1.90 bits per heavy atom. The predicted octanol–water partition coefficient (Wildman–Crippen LogP) is 7.10. The molecular weight excluding hydrogens is 399 g/mol. The molecule has 154 valence electrons. The molecule has 2 heterocycles. The molecule has 1 fully saturated rings. The minimum atomic E-state index is -4.40. The SMILES string of the molecule is CC[C@H](c1nc2ccc(Cl)cc2[nH]1)[C@H]1CC[C@@H](c2ccnc(C(F)(F)F)c2)CC1. The summed E-state index contributed by atoms with van der Waals surface area (Å²) in [6.07, 6.45) is 1.57. The quantitative estimate of drug-likeness (QED) is 0.488. The Morgan fingerprint density at radius 3 is 2.59 bits per heavy atom. The maximum Gasteiger partial charge on any atom is 0.433 e. The first-order valence-electron chi connectivity index (χ1n) is 10.0. The zero-order valence-electron chi connectivity index (χ0n) is 16.1. The van der Waals surface area contributed by atoms with Crippen LogP contribution in [0.4, 0.5) is 13.2 Å². The molecule has 2 aromatic heterocycles. The van der Waals surface area contributed by atoms with Crippen LogP contribution in [-0.2, 0) is 6.18 Å². The van der Waals surface area contributed by atoms with Gasteiger partial charge in [-0.2, -0.15) is 13.2 Å². The highest BCUT2D eigenvalue weighted by Gasteiger charge is 2.34. The maximum atomic E-state index is 13.0. The molecule has 1 saturated carbocycles. The minimum absolute atomic E-state index is 0.155. The van der Waals surface area contributed by atoms with Gasteiger partial charge in [0.05, 0.1) is 11.0 Å². The summed E-state index contributed by atoms with van der Waals surface area (Å²) in [5.74, 6) is 1.92. The van der Waals surface area contributed by atoms with Gasteiger partial charge in [-0.15, -0.1) is 0 Å². The number of fused-ring (bicyclic) bond motifs is 1. The number of benzene rings is 1. The zero-order valence-corrected chi connectivity index (χ0v) is 16.9. The first-order chi connectivity index (χ1) is 13.8. The van der Waals surface area contributed by atoms with Crippen molar-refractivity contribution in [1.82, 2.24) is 15.0 Å². The van der Waals surface area contributed by atoms with Gasteiger partial charge in [0.1, 0.15) is 11.5 Å². The van der Waals surface area contributed by atoms with Gasteiger partial charge in [-0.3, -0.25) is 4.98 Å². The summed E-state index contributed by atoms with van der Waals surface area (Å²) < 4.78 is 38.9. The van der Waals surface area contributed by atoms with Crippen molar-refractivity contribution in [2.75, 3.05) is 0 Å². The summed E-state index contributed by atoms with van der Waals surface area (Å²) >= 11 is 6.08. The summed E-state index contributed by atoms with van der Waals surface area (Å²) in [5.41, 5.74) is 1.80. The van der Waals surface area contributed by atoms with Gasteiger partial charge in [-0.25, -0.2) is 4.98 Å². The van der Waals surface area contributed by atoms with Crippen molar-refractivity contribution in [3.05, 3.63) is 58.6 Å². The summed E-state index contributed by atoms with van der Waals surface area (Å²) in [4.78, 5) is 11.7. The molecule has 0 spiro atoms. The number of imidazole rings is 1. The fourth-order valence-corrected chi connectivity index (χ4v) is 4.81. The normalized spacial score (nSPS) is 21.4. The van der Waals surface area contributed by atoms with Crippen LogP contribution in [0.25, 0.3) is 11.0 Å². The molecule has 3 aromatic rings. The Hall–Kier alpha value is -2.08. The maximum absolute atomic E-state index is 13.0. The van der Waals surface area contributed by atoms with Gasteiger partial charge in [-0.1, -0.05) is 18.5 Å². The van der Waals surface area contributed by atoms with Crippen molar-refractivity contribution in [2.24, 2.45) is 5.92 Å². The van der Waals surface area contributed by atoms with Gasteiger partial charge in [0.25, 0.3) is 0 Å². The van der Waals surface area contributed by atoms with Crippen molar-refractivity contribution in [3.8, 4) is 0 Å². The Morgan fingerprint density at radius 1 is 1.14 bits per heavy atom. The molecule has 0 aliphatic heterocycles. The lowest BCUT2D eigenvalue weighted by molar-refractivity contribution is -0.141. The molecule has 0 radical (unpaired) electrons. The highest BCUT2D eigenvalue weighted by Crippen LogP contribution is 2.43. The molecule has 1 aliphatic rings. The largest absolute Gasteiger partial charge is 0.433 e. The van der Waals surface area contributed by atoms with E-state index in [0.29, 0.717) is 16.9 Å². The standard InChI is InChI=1S/C22H23ClF3N3/c1-2-17(21-28-18-8-7-16(23)12-19(18)29-21)14-5-3-13(4-6-14)15-9-10-27-20(11-15)22(24,25)26/h7-14,17H,2-6H2,1H3,(H,28,29)/t13-,14+,17-/m0/s1. The third kappa shape index (κ3) is 4.27. The predicted molar refractivity (Wildman–Crippen MR) is 108 cm³/mol. The van der Waals surface area contributed by atoms with E-state index in [1.165, 1.54) is 12.3 Å². The number of hydrogen-bond acceptors (Lipinski definition) is 2. The Kier molecular flexibility index (Phi) is 5.56. The second kappa shape index (κ2) is 7.98. The molecule has 3 nitrogen and oxygen atoms in total. The molecule has 0 unspecified atom stereocenters. The van der Waals surface area contributed by atoms with E-state index >= 15 is 0 Å². The van der Waals surface area contributed by atoms with Crippen LogP contribution in [0.5, 0.6) is 0 Å². The van der Waals surface area contributed by atoms with Gasteiger partial charge in [0.15, 0.2) is 0 Å². The molecule has 0 saturated heterocycles. The Balaban J connectivity index is 1.48. The number of pyridine rings is 1. The highest BCUT2D eigenvalue weighted by atomic mass is 35.5. The van der Waals surface area contributed by atoms with Gasteiger partial charge in [0.2, 0.25) is 0 Å². The van der Waals surface area contributed by atoms with Crippen LogP contribution in [0.2, 0.25) is 5.02 Å². The van der Waals surface area contributed by atoms with Crippen molar-refractivity contribution >= 4 is 22.6 Å². The lowest BCUT2D eigenvalue weighted by Gasteiger charge is -2.33. The molecule has 0 bridgehead atoms. The molecule has 4 rings (SSSR count). The highest BCUT2D eigenvalue weighted by molar-refractivity contribution is 6.31. The van der Waals surface area contributed by atoms with Crippen molar-refractivity contribution in [3.63, 3.8) is 0 Å². The van der Waals surface area contributed by atoms with E-state index in [-0.39, 0.29) is 5.92 Å². The number of halogens is 4. The molecular formula is C22H23ClF3N3. The molecule has 29 heavy (non-hydrogen) atoms. The second-order valence-electron chi connectivity index (χ2n) is 7.88. The van der Waals surface area contributed by atoms with E-state index in [1.807, 2.05) is 18.2 Å². The number of nitrogens with one attached hydrogen (secondary N) is 1. The number of aromatic amines is 1. The fourth-order valence-electron chi connectivity index (χ4n) is 4.64. The lowest BCUT2D eigenvalue weighted by atomic mass is 9.73. The summed E-state index contributed by atoms with van der Waals surface area (Å²) in [7, 11) is 0. The van der Waals surface area contributed by atoms with Crippen LogP contribution in [0, 0.1) is 5.92 Å². The average Bonchev–Trinajstić information content (AvgIpc) is 3.11. The molecule has 1 N–H and O–H groups in total. The van der Waals surface area contributed by atoms with Crippen LogP contribution >= 0.6 is 11.6 Å².